The van der Waals surface area contributed by atoms with E-state index in [2.05, 4.69) is 20.0 Å². The predicted molar refractivity (Wildman–Crippen MR) is 124 cm³/mol. The van der Waals surface area contributed by atoms with Crippen molar-refractivity contribution in [2.45, 2.75) is 11.6 Å². The van der Waals surface area contributed by atoms with E-state index in [0.29, 0.717) is 28.3 Å². The number of benzene rings is 2. The van der Waals surface area contributed by atoms with E-state index in [1.807, 2.05) is 0 Å². The molecule has 0 saturated heterocycles. The fraction of sp³-hybridized carbons (Fsp3) is 0.0909. The van der Waals surface area contributed by atoms with Gasteiger partial charge < -0.3 is 15.2 Å². The number of rotatable bonds is 8. The molecule has 0 saturated carbocycles. The second-order valence-corrected chi connectivity index (χ2v) is 9.47. The maximum Gasteiger partial charge on any atom is 0.281 e. The SMILES string of the molecule is COc1cccc(CNc2ccc(S(=O)(=O)Nc3nc(-c4ccc(F)c(F)c4)cs3)nc2)c1O. The normalized spacial score (nSPS) is 11.3. The third-order valence-electron chi connectivity index (χ3n) is 4.74. The van der Waals surface area contributed by atoms with Crippen LogP contribution in [-0.4, -0.2) is 30.6 Å². The lowest BCUT2D eigenvalue weighted by Crippen LogP contribution is -2.14. The minimum atomic E-state index is -4.03. The molecule has 4 aromatic rings. The van der Waals surface area contributed by atoms with Gasteiger partial charge in [-0.15, -0.1) is 11.3 Å². The van der Waals surface area contributed by atoms with Gasteiger partial charge in [0.1, 0.15) is 0 Å². The van der Waals surface area contributed by atoms with Crippen LogP contribution in [0.15, 0.2) is 65.1 Å². The Morgan fingerprint density at radius 1 is 1.12 bits per heavy atom. The van der Waals surface area contributed by atoms with Crippen LogP contribution in [0.2, 0.25) is 0 Å². The number of pyridine rings is 1. The van der Waals surface area contributed by atoms with Gasteiger partial charge in [0.25, 0.3) is 10.0 Å². The third-order valence-corrected chi connectivity index (χ3v) is 6.88. The predicted octanol–water partition coefficient (Wildman–Crippen LogP) is 4.61. The quantitative estimate of drug-likeness (QED) is 0.321. The number of para-hydroxylation sites is 1. The van der Waals surface area contributed by atoms with Crippen LogP contribution >= 0.6 is 11.3 Å². The Morgan fingerprint density at radius 3 is 2.65 bits per heavy atom. The Hall–Kier alpha value is -3.77. The van der Waals surface area contributed by atoms with Crippen LogP contribution in [0.1, 0.15) is 5.56 Å². The van der Waals surface area contributed by atoms with Crippen molar-refractivity contribution in [2.75, 3.05) is 17.1 Å². The molecule has 3 N–H and O–H groups in total. The molecule has 12 heteroatoms. The van der Waals surface area contributed by atoms with E-state index in [1.165, 1.54) is 36.9 Å². The van der Waals surface area contributed by atoms with Crippen molar-refractivity contribution in [1.82, 2.24) is 9.97 Å². The lowest BCUT2D eigenvalue weighted by atomic mass is 10.2. The first-order valence-electron chi connectivity index (χ1n) is 9.75. The molecule has 8 nitrogen and oxygen atoms in total. The molecule has 0 amide bonds. The first-order valence-corrected chi connectivity index (χ1v) is 12.1. The summed E-state index contributed by atoms with van der Waals surface area (Å²) in [4.78, 5) is 8.12. The zero-order valence-corrected chi connectivity index (χ0v) is 19.3. The van der Waals surface area contributed by atoms with Crippen LogP contribution in [0.4, 0.5) is 19.6 Å². The second kappa shape index (κ2) is 9.61. The standard InChI is InChI=1S/C22H18F2N4O4S2/c1-32-19-4-2-3-14(21(19)29)10-25-15-6-8-20(26-11-15)34(30,31)28-22-27-18(12-33-22)13-5-7-16(23)17(24)9-13/h2-9,11-12,25,29H,10H2,1H3,(H,27,28). The van der Waals surface area contributed by atoms with E-state index in [9.17, 15) is 22.3 Å². The molecule has 2 aromatic heterocycles. The summed E-state index contributed by atoms with van der Waals surface area (Å²) in [7, 11) is -2.57. The van der Waals surface area contributed by atoms with Crippen LogP contribution in [0.5, 0.6) is 11.5 Å². The van der Waals surface area contributed by atoms with Crippen LogP contribution in [0.3, 0.4) is 0 Å². The number of halogens is 2. The van der Waals surface area contributed by atoms with Gasteiger partial charge in [0.2, 0.25) is 0 Å². The number of anilines is 2. The fourth-order valence-corrected chi connectivity index (χ4v) is 4.90. The van der Waals surface area contributed by atoms with E-state index in [0.717, 1.165) is 23.5 Å². The van der Waals surface area contributed by atoms with E-state index < -0.39 is 21.7 Å². The van der Waals surface area contributed by atoms with Crippen LogP contribution in [-0.2, 0) is 16.6 Å². The average molecular weight is 505 g/mol. The van der Waals surface area contributed by atoms with Gasteiger partial charge in [-0.1, -0.05) is 12.1 Å². The molecule has 0 unspecified atom stereocenters. The number of thiazole rings is 1. The van der Waals surface area contributed by atoms with Gasteiger partial charge in [-0.3, -0.25) is 4.72 Å². The molecule has 34 heavy (non-hydrogen) atoms. The summed E-state index contributed by atoms with van der Waals surface area (Å²) in [6, 6.07) is 11.3. The summed E-state index contributed by atoms with van der Waals surface area (Å²) >= 11 is 0.998. The van der Waals surface area contributed by atoms with E-state index in [4.69, 9.17) is 4.74 Å². The van der Waals surface area contributed by atoms with E-state index in [-0.39, 0.29) is 22.5 Å². The van der Waals surface area contributed by atoms with Gasteiger partial charge >= 0.3 is 0 Å². The number of aromatic hydroxyl groups is 1. The van der Waals surface area contributed by atoms with Crippen molar-refractivity contribution in [1.29, 1.82) is 0 Å². The minimum Gasteiger partial charge on any atom is -0.504 e. The molecular formula is C22H18F2N4O4S2. The molecule has 0 spiro atoms. The van der Waals surface area contributed by atoms with Crippen molar-refractivity contribution >= 4 is 32.2 Å². The Balaban J connectivity index is 1.43. The molecule has 0 aliphatic carbocycles. The number of nitrogens with zero attached hydrogens (tertiary/aromatic N) is 2. The van der Waals surface area contributed by atoms with Crippen molar-refractivity contribution in [3.05, 3.63) is 77.3 Å². The van der Waals surface area contributed by atoms with Gasteiger partial charge in [-0.05, 0) is 36.4 Å². The summed E-state index contributed by atoms with van der Waals surface area (Å²) in [6.07, 6.45) is 1.35. The number of ether oxygens (including phenoxy) is 1. The zero-order chi connectivity index (χ0) is 24.3. The molecule has 0 fully saturated rings. The lowest BCUT2D eigenvalue weighted by Gasteiger charge is -2.11. The van der Waals surface area contributed by atoms with Crippen molar-refractivity contribution < 1.29 is 27.0 Å². The molecule has 176 valence electrons. The molecule has 4 rings (SSSR count). The average Bonchev–Trinajstić information content (AvgIpc) is 3.28. The summed E-state index contributed by atoms with van der Waals surface area (Å²) in [5.74, 6) is -1.64. The highest BCUT2D eigenvalue weighted by molar-refractivity contribution is 7.92. The topological polar surface area (TPSA) is 113 Å². The number of hydrogen-bond donors (Lipinski definition) is 3. The van der Waals surface area contributed by atoms with E-state index >= 15 is 0 Å². The number of hydrogen-bond acceptors (Lipinski definition) is 8. The largest absolute Gasteiger partial charge is 0.504 e. The number of sulfonamides is 1. The van der Waals surface area contributed by atoms with Gasteiger partial charge in [-0.2, -0.15) is 8.42 Å². The maximum absolute atomic E-state index is 13.5. The summed E-state index contributed by atoms with van der Waals surface area (Å²) in [5.41, 5.74) is 1.75. The minimum absolute atomic E-state index is 0.0139. The zero-order valence-electron chi connectivity index (χ0n) is 17.6. The molecule has 2 aromatic carbocycles. The van der Waals surface area contributed by atoms with Crippen molar-refractivity contribution in [2.24, 2.45) is 0 Å². The number of nitrogens with one attached hydrogen (secondary N) is 2. The highest BCUT2D eigenvalue weighted by atomic mass is 32.2. The maximum atomic E-state index is 13.5. The third kappa shape index (κ3) is 5.07. The number of phenolic OH excluding ortho intramolecular Hbond substituents is 1. The van der Waals surface area contributed by atoms with Crippen molar-refractivity contribution in [3.63, 3.8) is 0 Å². The number of methoxy groups -OCH3 is 1. The Kier molecular flexibility index (Phi) is 6.61. The Bertz CT molecular complexity index is 1430. The molecule has 0 radical (unpaired) electrons. The fourth-order valence-electron chi connectivity index (χ4n) is 2.99. The summed E-state index contributed by atoms with van der Waals surface area (Å²) in [6.45, 7) is 0.265. The lowest BCUT2D eigenvalue weighted by molar-refractivity contribution is 0.371. The number of aromatic nitrogens is 2. The molecule has 0 aliphatic rings. The van der Waals surface area contributed by atoms with Gasteiger partial charge in [0.05, 0.1) is 24.7 Å². The van der Waals surface area contributed by atoms with Crippen LogP contribution < -0.4 is 14.8 Å². The molecule has 0 atom stereocenters. The van der Waals surface area contributed by atoms with Gasteiger partial charge in [0.15, 0.2) is 33.3 Å². The van der Waals surface area contributed by atoms with Gasteiger partial charge in [0, 0.05) is 23.1 Å². The molecule has 0 aliphatic heterocycles. The Labute approximate surface area is 198 Å². The first kappa shape index (κ1) is 23.4. The highest BCUT2D eigenvalue weighted by Crippen LogP contribution is 2.30. The summed E-state index contributed by atoms with van der Waals surface area (Å²) in [5, 5.41) is 14.6. The monoisotopic (exact) mass is 504 g/mol. The highest BCUT2D eigenvalue weighted by Gasteiger charge is 2.18. The second-order valence-electron chi connectivity index (χ2n) is 6.98. The van der Waals surface area contributed by atoms with Gasteiger partial charge in [-0.25, -0.2) is 18.7 Å². The molecular weight excluding hydrogens is 486 g/mol. The number of phenols is 1. The van der Waals surface area contributed by atoms with Crippen molar-refractivity contribution in [3.8, 4) is 22.8 Å². The van der Waals surface area contributed by atoms with Crippen LogP contribution in [0.25, 0.3) is 11.3 Å². The smallest absolute Gasteiger partial charge is 0.281 e. The molecule has 2 heterocycles. The molecule has 0 bridgehead atoms. The Morgan fingerprint density at radius 2 is 1.94 bits per heavy atom. The first-order chi connectivity index (χ1) is 16.3. The van der Waals surface area contributed by atoms with E-state index in [1.54, 1.807) is 18.2 Å². The van der Waals surface area contributed by atoms with Crippen LogP contribution in [0, 0.1) is 11.6 Å². The summed E-state index contributed by atoms with van der Waals surface area (Å²) < 4.78 is 59.3.